The Morgan fingerprint density at radius 1 is 0.558 bits per heavy atom. The van der Waals surface area contributed by atoms with Crippen LogP contribution < -0.4 is 8.61 Å². The van der Waals surface area contributed by atoms with Crippen molar-refractivity contribution in [3.63, 3.8) is 0 Å². The summed E-state index contributed by atoms with van der Waals surface area (Å²) in [6.07, 6.45) is 1.40. The lowest BCUT2D eigenvalue weighted by atomic mass is 9.70. The van der Waals surface area contributed by atoms with Crippen LogP contribution in [0.25, 0.3) is 11.1 Å². The third-order valence-corrected chi connectivity index (χ3v) is 20.5. The molecule has 8 aliphatic rings. The van der Waals surface area contributed by atoms with E-state index in [1.54, 1.807) is 84.7 Å². The molecule has 0 radical (unpaired) electrons. The molecule has 14 rings (SSSR count). The van der Waals surface area contributed by atoms with Crippen LogP contribution in [-0.2, 0) is 62.9 Å². The predicted molar refractivity (Wildman–Crippen MR) is 287 cm³/mol. The maximum atomic E-state index is 14.4. The molecule has 7 atom stereocenters. The number of benzene rings is 6. The molecule has 0 aromatic heterocycles. The van der Waals surface area contributed by atoms with Gasteiger partial charge in [-0.1, -0.05) is 141 Å². The van der Waals surface area contributed by atoms with E-state index in [0.29, 0.717) is 29.8 Å². The number of nitrogens with zero attached hydrogens (tertiary/aromatic N) is 6. The van der Waals surface area contributed by atoms with Gasteiger partial charge in [0, 0.05) is 20.5 Å². The molecular formula is C59H54N6O10S2. The number of carbonyl (C=O) groups is 4. The highest BCUT2D eigenvalue weighted by atomic mass is 32.2. The second-order valence-electron chi connectivity index (χ2n) is 20.6. The molecule has 4 amide bonds. The lowest BCUT2D eigenvalue weighted by Gasteiger charge is -2.46. The van der Waals surface area contributed by atoms with Gasteiger partial charge in [0.25, 0.3) is 31.9 Å². The van der Waals surface area contributed by atoms with E-state index in [4.69, 9.17) is 0 Å². The fourth-order valence-corrected chi connectivity index (χ4v) is 17.1. The van der Waals surface area contributed by atoms with Gasteiger partial charge >= 0.3 is 0 Å². The molecule has 6 aromatic carbocycles. The summed E-state index contributed by atoms with van der Waals surface area (Å²) < 4.78 is 60.0. The summed E-state index contributed by atoms with van der Waals surface area (Å²) in [6.45, 7) is -0.0763. The third-order valence-electron chi connectivity index (χ3n) is 16.9. The molecule has 0 spiro atoms. The number of sulfonamides is 2. The second-order valence-corrected chi connectivity index (χ2v) is 24.2. The average Bonchev–Trinajstić information content (AvgIpc) is 3.02. The molecule has 6 aliphatic heterocycles. The van der Waals surface area contributed by atoms with Gasteiger partial charge in [0.2, 0.25) is 23.8 Å². The van der Waals surface area contributed by atoms with Gasteiger partial charge in [-0.2, -0.15) is 0 Å². The number of rotatable bonds is 6. The van der Waals surface area contributed by atoms with Crippen LogP contribution in [0.2, 0.25) is 0 Å². The number of anilines is 2. The monoisotopic (exact) mass is 1070 g/mol. The van der Waals surface area contributed by atoms with Gasteiger partial charge in [0.05, 0.1) is 38.5 Å². The Morgan fingerprint density at radius 3 is 1.56 bits per heavy atom. The minimum atomic E-state index is -4.31. The minimum absolute atomic E-state index is 0. The molecule has 77 heavy (non-hydrogen) atoms. The molecule has 6 heterocycles. The zero-order valence-corrected chi connectivity index (χ0v) is 42.8. The number of likely N-dealkylation sites (N-methyl/N-ethyl adjacent to an activating group) is 2. The number of fused-ring (bicyclic) bond motifs is 12. The minimum Gasteiger partial charge on any atom is -0.365 e. The zero-order chi connectivity index (χ0) is 52.8. The summed E-state index contributed by atoms with van der Waals surface area (Å²) in [6, 6.07) is 45.7. The number of amides is 4. The Kier molecular flexibility index (Phi) is 11.2. The standard InChI is InChI=1S/C29H25N3O6S.C29H25N3O4S.CH4/c1-30-24(33)25(34)31-26-28(17-29(31,36)27(30)35,21-16-15-18-9-5-6-12-20(18)21)22-13-7-8-14-23(22)32(26)39(37,38)19-10-3-2-4-11-19;1-30-18-26(33)31-25(27(30)34)17-29(22-16-15-19-9-5-6-12-21(19)22)23-13-7-8-14-24(23)32(28(29)31)37(35,36)20-10-3-2-4-11-20;/h2-14,16,24,26,33,36H,15,17H2,1H3;2-14,16,25,28H,15,17-18H2,1H3;1H4/t24-,26+,28+,29-;25-,28-,29-;/m10./s1. The number of hydrogen-bond donors (Lipinski definition) is 2. The highest BCUT2D eigenvalue weighted by Crippen LogP contribution is 2.66. The number of aliphatic hydroxyl groups excluding tert-OH is 1. The van der Waals surface area contributed by atoms with E-state index in [9.17, 15) is 46.2 Å². The third kappa shape index (κ3) is 6.55. The molecule has 2 N–H and O–H groups in total. The first-order valence-electron chi connectivity index (χ1n) is 25.0. The van der Waals surface area contributed by atoms with Gasteiger partial charge in [0.15, 0.2) is 0 Å². The Bertz CT molecular complexity index is 3820. The van der Waals surface area contributed by atoms with Crippen molar-refractivity contribution in [1.82, 2.24) is 19.6 Å². The van der Waals surface area contributed by atoms with Crippen LogP contribution in [0, 0.1) is 0 Å². The highest BCUT2D eigenvalue weighted by molar-refractivity contribution is 7.93. The number of aliphatic hydroxyl groups is 2. The summed E-state index contributed by atoms with van der Waals surface area (Å²) in [7, 11) is -5.49. The molecular weight excluding hydrogens is 1020 g/mol. The van der Waals surface area contributed by atoms with Gasteiger partial charge in [-0.15, -0.1) is 0 Å². The normalized spacial score (nSPS) is 27.3. The number of allylic oxidation sites excluding steroid dienone is 2. The van der Waals surface area contributed by atoms with Crippen LogP contribution in [0.3, 0.4) is 0 Å². The molecule has 2 aliphatic carbocycles. The smallest absolute Gasteiger partial charge is 0.278 e. The summed E-state index contributed by atoms with van der Waals surface area (Å²) in [5.74, 6) is -2.22. The first kappa shape index (κ1) is 49.9. The van der Waals surface area contributed by atoms with Crippen molar-refractivity contribution >= 4 is 66.2 Å². The van der Waals surface area contributed by atoms with Crippen LogP contribution in [0.1, 0.15) is 53.6 Å². The van der Waals surface area contributed by atoms with Crippen LogP contribution in [-0.4, -0.2) is 121 Å². The van der Waals surface area contributed by atoms with E-state index in [2.05, 4.69) is 18.2 Å². The van der Waals surface area contributed by atoms with E-state index in [1.807, 2.05) is 66.7 Å². The van der Waals surface area contributed by atoms with Crippen molar-refractivity contribution in [2.24, 2.45) is 0 Å². The first-order chi connectivity index (χ1) is 36.5. The van der Waals surface area contributed by atoms with Crippen molar-refractivity contribution < 1.29 is 46.2 Å². The Labute approximate surface area is 446 Å². The van der Waals surface area contributed by atoms with Gasteiger partial charge in [0.1, 0.15) is 18.4 Å². The van der Waals surface area contributed by atoms with Crippen LogP contribution >= 0.6 is 0 Å². The van der Waals surface area contributed by atoms with E-state index in [0.717, 1.165) is 59.5 Å². The second kappa shape index (κ2) is 17.3. The number of para-hydroxylation sites is 2. The predicted octanol–water partition coefficient (Wildman–Crippen LogP) is 5.62. The van der Waals surface area contributed by atoms with Crippen LogP contribution in [0.5, 0.6) is 0 Å². The molecule has 4 fully saturated rings. The van der Waals surface area contributed by atoms with Crippen molar-refractivity contribution in [3.05, 3.63) is 203 Å². The van der Waals surface area contributed by atoms with E-state index in [-0.39, 0.29) is 42.0 Å². The van der Waals surface area contributed by atoms with Crippen LogP contribution in [0.15, 0.2) is 180 Å². The summed E-state index contributed by atoms with van der Waals surface area (Å²) >= 11 is 0. The molecule has 16 nitrogen and oxygen atoms in total. The van der Waals surface area contributed by atoms with Gasteiger partial charge in [-0.3, -0.25) is 24.1 Å². The number of hydrogen-bond acceptors (Lipinski definition) is 10. The maximum absolute atomic E-state index is 14.4. The molecule has 392 valence electrons. The molecule has 0 unspecified atom stereocenters. The maximum Gasteiger partial charge on any atom is 0.278 e. The molecule has 0 bridgehead atoms. The quantitative estimate of drug-likeness (QED) is 0.211. The fraction of sp³-hybridized carbons (Fsp3) is 0.254. The lowest BCUT2D eigenvalue weighted by molar-refractivity contribution is -0.207. The van der Waals surface area contributed by atoms with Crippen LogP contribution in [0.4, 0.5) is 11.4 Å². The Hall–Kier alpha value is -7.90. The number of carbonyl (C=O) groups excluding carboxylic acids is 4. The number of piperazine rings is 2. The summed E-state index contributed by atoms with van der Waals surface area (Å²) in [5.41, 5.74) is 3.59. The molecule has 18 heteroatoms. The zero-order valence-electron chi connectivity index (χ0n) is 41.2. The van der Waals surface area contributed by atoms with Crippen molar-refractivity contribution in [2.75, 3.05) is 29.3 Å². The molecule has 4 saturated heterocycles. The molecule has 6 aromatic rings. The Morgan fingerprint density at radius 2 is 1.01 bits per heavy atom. The SMILES string of the molecule is C.CN1C(=O)[C@]2(O)C[C@]3(C4=CCc5ccccc54)c4ccccc4N(S(=O)(=O)c4ccccc4)[C@@H]3N2C(=O)[C@H]1O.CN1CC(=O)N2[C@@H](C[C@]3(C4=CCc5ccccc54)c4ccccc4N(S(=O)(=O)c4ccccc4)[C@H]23)C1=O. The largest absolute Gasteiger partial charge is 0.365 e. The van der Waals surface area contributed by atoms with E-state index >= 15 is 0 Å². The summed E-state index contributed by atoms with van der Waals surface area (Å²) in [5, 5.41) is 22.8. The average molecular weight is 1070 g/mol. The Balaban J connectivity index is 0.000000153. The van der Waals surface area contributed by atoms with Gasteiger partial charge < -0.3 is 24.9 Å². The van der Waals surface area contributed by atoms with Crippen molar-refractivity contribution in [1.29, 1.82) is 0 Å². The topological polar surface area (TPSA) is 196 Å². The van der Waals surface area contributed by atoms with E-state index < -0.39 is 73.0 Å². The van der Waals surface area contributed by atoms with Gasteiger partial charge in [-0.05, 0) is 100 Å². The van der Waals surface area contributed by atoms with E-state index in [1.165, 1.54) is 28.4 Å². The molecule has 0 saturated carbocycles. The lowest BCUT2D eigenvalue weighted by Crippen LogP contribution is -2.71. The fourth-order valence-electron chi connectivity index (χ4n) is 13.8. The highest BCUT2D eigenvalue weighted by Gasteiger charge is 2.75. The first-order valence-corrected chi connectivity index (χ1v) is 27.9. The van der Waals surface area contributed by atoms with Crippen molar-refractivity contribution in [2.45, 2.75) is 84.1 Å². The van der Waals surface area contributed by atoms with Crippen molar-refractivity contribution in [3.8, 4) is 0 Å². The van der Waals surface area contributed by atoms with Gasteiger partial charge in [-0.25, -0.2) is 25.4 Å². The summed E-state index contributed by atoms with van der Waals surface area (Å²) in [4.78, 5) is 59.3.